The van der Waals surface area contributed by atoms with Crippen molar-refractivity contribution in [3.8, 4) is 11.3 Å². The molecule has 4 N–H and O–H groups in total. The molecule has 0 saturated carbocycles. The quantitative estimate of drug-likeness (QED) is 0.210. The third-order valence-electron chi connectivity index (χ3n) is 5.61. The van der Waals surface area contributed by atoms with E-state index in [-0.39, 0.29) is 5.84 Å². The molecule has 1 aliphatic heterocycles. The summed E-state index contributed by atoms with van der Waals surface area (Å²) in [6.07, 6.45) is 1.85. The summed E-state index contributed by atoms with van der Waals surface area (Å²) in [6.45, 7) is 2.75. The first-order valence-electron chi connectivity index (χ1n) is 10.6. The van der Waals surface area contributed by atoms with Gasteiger partial charge in [0, 0.05) is 48.4 Å². The van der Waals surface area contributed by atoms with Crippen LogP contribution in [0, 0.1) is 5.41 Å². The minimum Gasteiger partial charge on any atom is -0.378 e. The van der Waals surface area contributed by atoms with Crippen LogP contribution in [0.2, 0.25) is 0 Å². The number of amidine groups is 1. The van der Waals surface area contributed by atoms with Gasteiger partial charge in [0.1, 0.15) is 11.7 Å². The Kier molecular flexibility index (Phi) is 5.59. The highest BCUT2D eigenvalue weighted by Gasteiger charge is 2.17. The summed E-state index contributed by atoms with van der Waals surface area (Å²) in [5.74, 6) is 1.24. The number of morpholine rings is 1. The molecule has 10 nitrogen and oxygen atoms in total. The zero-order valence-electron chi connectivity index (χ0n) is 18.1. The molecule has 4 aromatic rings. The Morgan fingerprint density at radius 2 is 1.85 bits per heavy atom. The molecule has 0 radical (unpaired) electrons. The molecule has 1 fully saturated rings. The number of anilines is 3. The number of benzene rings is 2. The first-order valence-corrected chi connectivity index (χ1v) is 10.6. The van der Waals surface area contributed by atoms with Crippen molar-refractivity contribution in [1.29, 1.82) is 5.41 Å². The van der Waals surface area contributed by atoms with Gasteiger partial charge >= 0.3 is 0 Å². The largest absolute Gasteiger partial charge is 0.378 e. The van der Waals surface area contributed by atoms with Gasteiger partial charge in [0.15, 0.2) is 0 Å². The summed E-state index contributed by atoms with van der Waals surface area (Å²) < 4.78 is 7.34. The lowest BCUT2D eigenvalue weighted by molar-refractivity contribution is 0.122. The van der Waals surface area contributed by atoms with Gasteiger partial charge in [-0.2, -0.15) is 10.1 Å². The Hall–Kier alpha value is -4.02. The fraction of sp³-hybridized carbons (Fsp3) is 0.217. The van der Waals surface area contributed by atoms with Crippen molar-refractivity contribution in [2.45, 2.75) is 0 Å². The second kappa shape index (κ2) is 8.85. The summed E-state index contributed by atoms with van der Waals surface area (Å²) in [7, 11) is 1.92. The van der Waals surface area contributed by atoms with Gasteiger partial charge in [-0.3, -0.25) is 20.8 Å². The van der Waals surface area contributed by atoms with Crippen LogP contribution in [0.4, 0.5) is 17.5 Å². The van der Waals surface area contributed by atoms with E-state index in [2.05, 4.69) is 21.4 Å². The molecule has 0 spiro atoms. The number of fused-ring (bicyclic) bond motifs is 1. The molecule has 168 valence electrons. The average Bonchev–Trinajstić information content (AvgIpc) is 3.24. The van der Waals surface area contributed by atoms with E-state index in [0.717, 1.165) is 40.9 Å². The third-order valence-corrected chi connectivity index (χ3v) is 5.61. The monoisotopic (exact) mass is 444 g/mol. The van der Waals surface area contributed by atoms with Crippen molar-refractivity contribution in [3.05, 3.63) is 60.3 Å². The zero-order valence-corrected chi connectivity index (χ0v) is 18.1. The SMILES string of the molecule is Cn1ncc2ccc(-c3cc(Nc4ccc(C(=N)NO)cc4)nc(N4CCOCC4)n3)cc21. The average molecular weight is 444 g/mol. The predicted molar refractivity (Wildman–Crippen MR) is 126 cm³/mol. The first-order chi connectivity index (χ1) is 16.1. The summed E-state index contributed by atoms with van der Waals surface area (Å²) in [5, 5.41) is 25.4. The van der Waals surface area contributed by atoms with Crippen LogP contribution < -0.4 is 15.7 Å². The topological polar surface area (TPSA) is 124 Å². The maximum atomic E-state index is 8.93. The van der Waals surface area contributed by atoms with E-state index < -0.39 is 0 Å². The van der Waals surface area contributed by atoms with E-state index in [4.69, 9.17) is 25.3 Å². The standard InChI is InChI=1S/C23H24N8O2/c1-30-20-12-16(2-3-17(20)14-25-30)19-13-21(28-23(27-19)31-8-10-33-11-9-31)26-18-6-4-15(5-7-18)22(24)29-32/h2-7,12-14,32H,8-11H2,1H3,(H2,24,29)(H,26,27,28). The summed E-state index contributed by atoms with van der Waals surface area (Å²) in [5.41, 5.74) is 6.05. The van der Waals surface area contributed by atoms with Gasteiger partial charge in [0.2, 0.25) is 5.95 Å². The molecule has 1 aliphatic rings. The Morgan fingerprint density at radius 3 is 2.61 bits per heavy atom. The lowest BCUT2D eigenvalue weighted by atomic mass is 10.1. The van der Waals surface area contributed by atoms with Crippen molar-refractivity contribution in [3.63, 3.8) is 0 Å². The van der Waals surface area contributed by atoms with Gasteiger partial charge in [-0.1, -0.05) is 12.1 Å². The predicted octanol–water partition coefficient (Wildman–Crippen LogP) is 2.91. The van der Waals surface area contributed by atoms with E-state index in [1.54, 1.807) is 12.1 Å². The molecule has 0 amide bonds. The number of hydrogen-bond donors (Lipinski definition) is 4. The Balaban J connectivity index is 1.52. The molecule has 10 heteroatoms. The molecule has 0 atom stereocenters. The van der Waals surface area contributed by atoms with Gasteiger partial charge < -0.3 is 15.0 Å². The third kappa shape index (κ3) is 4.34. The molecule has 0 aliphatic carbocycles. The van der Waals surface area contributed by atoms with Crippen LogP contribution in [0.5, 0.6) is 0 Å². The highest BCUT2D eigenvalue weighted by molar-refractivity contribution is 5.95. The van der Waals surface area contributed by atoms with Crippen molar-refractivity contribution in [2.75, 3.05) is 36.5 Å². The molecule has 0 bridgehead atoms. The molecule has 33 heavy (non-hydrogen) atoms. The molecule has 0 unspecified atom stereocenters. The number of rotatable bonds is 5. The van der Waals surface area contributed by atoms with Crippen LogP contribution in [-0.2, 0) is 11.8 Å². The molecule has 3 heterocycles. The van der Waals surface area contributed by atoms with E-state index in [9.17, 15) is 0 Å². The number of nitrogens with one attached hydrogen (secondary N) is 3. The van der Waals surface area contributed by atoms with Gasteiger partial charge in [-0.05, 0) is 30.3 Å². The van der Waals surface area contributed by atoms with Crippen molar-refractivity contribution in [2.24, 2.45) is 7.05 Å². The molecular weight excluding hydrogens is 420 g/mol. The lowest BCUT2D eigenvalue weighted by Crippen LogP contribution is -2.37. The number of aryl methyl sites for hydroxylation is 1. The van der Waals surface area contributed by atoms with E-state index >= 15 is 0 Å². The van der Waals surface area contributed by atoms with Crippen LogP contribution in [0.3, 0.4) is 0 Å². The molecule has 5 rings (SSSR count). The van der Waals surface area contributed by atoms with Crippen molar-refractivity contribution < 1.29 is 9.94 Å². The van der Waals surface area contributed by atoms with Crippen LogP contribution >= 0.6 is 0 Å². The fourth-order valence-electron chi connectivity index (χ4n) is 3.79. The van der Waals surface area contributed by atoms with Crippen LogP contribution in [-0.4, -0.2) is 57.1 Å². The second-order valence-corrected chi connectivity index (χ2v) is 7.77. The van der Waals surface area contributed by atoms with Gasteiger partial charge in [-0.25, -0.2) is 4.98 Å². The van der Waals surface area contributed by atoms with Crippen LogP contribution in [0.1, 0.15) is 5.56 Å². The maximum absolute atomic E-state index is 8.93. The minimum absolute atomic E-state index is 0.0639. The minimum atomic E-state index is -0.0639. The number of hydroxylamine groups is 1. The van der Waals surface area contributed by atoms with Gasteiger partial charge in [-0.15, -0.1) is 0 Å². The Bertz CT molecular complexity index is 1300. The first kappa shape index (κ1) is 20.9. The normalized spacial score (nSPS) is 13.8. The van der Waals surface area contributed by atoms with Gasteiger partial charge in [0.05, 0.1) is 30.6 Å². The molecule has 1 saturated heterocycles. The van der Waals surface area contributed by atoms with E-state index in [0.29, 0.717) is 30.5 Å². The van der Waals surface area contributed by atoms with Crippen molar-refractivity contribution in [1.82, 2.24) is 25.2 Å². The van der Waals surface area contributed by atoms with Crippen LogP contribution in [0.15, 0.2) is 54.7 Å². The second-order valence-electron chi connectivity index (χ2n) is 7.77. The van der Waals surface area contributed by atoms with Gasteiger partial charge in [0.25, 0.3) is 0 Å². The maximum Gasteiger partial charge on any atom is 0.228 e. The molecular formula is C23H24N8O2. The summed E-state index contributed by atoms with van der Waals surface area (Å²) in [6, 6.07) is 15.3. The van der Waals surface area contributed by atoms with E-state index in [1.807, 2.05) is 53.7 Å². The zero-order chi connectivity index (χ0) is 22.8. The Labute approximate surface area is 190 Å². The number of nitrogens with zero attached hydrogens (tertiary/aromatic N) is 5. The number of aromatic nitrogens is 4. The molecule has 2 aromatic heterocycles. The molecule has 2 aromatic carbocycles. The lowest BCUT2D eigenvalue weighted by Gasteiger charge is -2.27. The summed E-state index contributed by atoms with van der Waals surface area (Å²) >= 11 is 0. The van der Waals surface area contributed by atoms with E-state index in [1.165, 1.54) is 0 Å². The van der Waals surface area contributed by atoms with Crippen molar-refractivity contribution >= 4 is 34.2 Å². The fourth-order valence-corrected chi connectivity index (χ4v) is 3.79. The Morgan fingerprint density at radius 1 is 1.06 bits per heavy atom. The number of hydrogen-bond acceptors (Lipinski definition) is 8. The number of ether oxygens (including phenoxy) is 1. The highest BCUT2D eigenvalue weighted by Crippen LogP contribution is 2.28. The smallest absolute Gasteiger partial charge is 0.228 e. The summed E-state index contributed by atoms with van der Waals surface area (Å²) in [4.78, 5) is 11.7. The van der Waals surface area contributed by atoms with Crippen LogP contribution in [0.25, 0.3) is 22.2 Å². The highest BCUT2D eigenvalue weighted by atomic mass is 16.5.